The van der Waals surface area contributed by atoms with Gasteiger partial charge in [-0.15, -0.1) is 0 Å². The molecule has 0 aliphatic carbocycles. The first kappa shape index (κ1) is 15.8. The molecular weight excluding hydrogens is 292 g/mol. The SMILES string of the molecule is COCCC(NC(=O)c1ccc2c(c1)NC(=O)CO2)C(=O)O. The lowest BCUT2D eigenvalue weighted by molar-refractivity contribution is -0.139. The van der Waals surface area contributed by atoms with E-state index in [0.29, 0.717) is 11.4 Å². The monoisotopic (exact) mass is 308 g/mol. The number of hydrogen-bond donors (Lipinski definition) is 3. The number of amides is 2. The van der Waals surface area contributed by atoms with E-state index in [1.54, 1.807) is 6.07 Å². The molecule has 2 amide bonds. The molecule has 8 heteroatoms. The Hall–Kier alpha value is -2.61. The third-order valence-electron chi connectivity index (χ3n) is 3.09. The van der Waals surface area contributed by atoms with Gasteiger partial charge in [0.1, 0.15) is 11.8 Å². The van der Waals surface area contributed by atoms with Gasteiger partial charge in [-0.3, -0.25) is 9.59 Å². The minimum absolute atomic E-state index is 0.0728. The van der Waals surface area contributed by atoms with Crippen LogP contribution in [0.2, 0.25) is 0 Å². The number of fused-ring (bicyclic) bond motifs is 1. The first-order valence-corrected chi connectivity index (χ1v) is 6.60. The Bertz CT molecular complexity index is 601. The molecule has 1 aromatic rings. The van der Waals surface area contributed by atoms with Gasteiger partial charge in [0.05, 0.1) is 5.69 Å². The van der Waals surface area contributed by atoms with Gasteiger partial charge in [0.25, 0.3) is 11.8 Å². The zero-order valence-corrected chi connectivity index (χ0v) is 11.9. The van der Waals surface area contributed by atoms with Gasteiger partial charge < -0.3 is 25.2 Å². The number of nitrogens with one attached hydrogen (secondary N) is 2. The highest BCUT2D eigenvalue weighted by Gasteiger charge is 2.22. The molecule has 2 rings (SSSR count). The van der Waals surface area contributed by atoms with Crippen LogP contribution in [-0.4, -0.2) is 49.3 Å². The minimum Gasteiger partial charge on any atom is -0.482 e. The summed E-state index contributed by atoms with van der Waals surface area (Å²) in [4.78, 5) is 34.5. The largest absolute Gasteiger partial charge is 0.482 e. The number of ether oxygens (including phenoxy) is 2. The van der Waals surface area contributed by atoms with Crippen LogP contribution in [0.5, 0.6) is 5.75 Å². The van der Waals surface area contributed by atoms with E-state index in [1.807, 2.05) is 0 Å². The van der Waals surface area contributed by atoms with Crippen LogP contribution in [0.15, 0.2) is 18.2 Å². The smallest absolute Gasteiger partial charge is 0.326 e. The lowest BCUT2D eigenvalue weighted by Gasteiger charge is -2.19. The van der Waals surface area contributed by atoms with Crippen LogP contribution in [0.1, 0.15) is 16.8 Å². The van der Waals surface area contributed by atoms with Crippen molar-refractivity contribution in [2.45, 2.75) is 12.5 Å². The van der Waals surface area contributed by atoms with Crippen LogP contribution < -0.4 is 15.4 Å². The molecule has 0 spiro atoms. The molecule has 0 radical (unpaired) electrons. The Morgan fingerprint density at radius 2 is 2.27 bits per heavy atom. The van der Waals surface area contributed by atoms with E-state index in [9.17, 15) is 14.4 Å². The minimum atomic E-state index is -1.14. The molecule has 0 fully saturated rings. The topological polar surface area (TPSA) is 114 Å². The second-order valence-electron chi connectivity index (χ2n) is 4.69. The molecule has 0 bridgehead atoms. The van der Waals surface area contributed by atoms with Gasteiger partial charge in [-0.1, -0.05) is 0 Å². The van der Waals surface area contributed by atoms with Gasteiger partial charge in [-0.2, -0.15) is 0 Å². The van der Waals surface area contributed by atoms with Crippen LogP contribution in [-0.2, 0) is 14.3 Å². The van der Waals surface area contributed by atoms with Crippen LogP contribution in [0.25, 0.3) is 0 Å². The molecule has 0 saturated carbocycles. The summed E-state index contributed by atoms with van der Waals surface area (Å²) in [5.74, 6) is -1.54. The molecular formula is C14H16N2O6. The van der Waals surface area contributed by atoms with E-state index >= 15 is 0 Å². The summed E-state index contributed by atoms with van der Waals surface area (Å²) in [6.45, 7) is 0.141. The maximum atomic E-state index is 12.1. The maximum Gasteiger partial charge on any atom is 0.326 e. The number of carboxylic acids is 1. The van der Waals surface area contributed by atoms with Gasteiger partial charge in [0.2, 0.25) is 0 Å². The van der Waals surface area contributed by atoms with Crippen molar-refractivity contribution in [2.75, 3.05) is 25.6 Å². The van der Waals surface area contributed by atoms with Crippen LogP contribution >= 0.6 is 0 Å². The highest BCUT2D eigenvalue weighted by atomic mass is 16.5. The predicted octanol–water partition coefficient (Wildman–Crippen LogP) is 0.237. The van der Waals surface area contributed by atoms with Gasteiger partial charge in [-0.05, 0) is 18.2 Å². The normalized spacial score (nSPS) is 14.3. The lowest BCUT2D eigenvalue weighted by Crippen LogP contribution is -2.41. The Labute approximate surface area is 126 Å². The first-order valence-electron chi connectivity index (χ1n) is 6.60. The number of anilines is 1. The Kier molecular flexibility index (Phi) is 4.95. The number of rotatable bonds is 6. The molecule has 0 saturated heterocycles. The average Bonchev–Trinajstić information content (AvgIpc) is 2.50. The number of aliphatic carboxylic acids is 1. The highest BCUT2D eigenvalue weighted by molar-refractivity contribution is 6.00. The van der Waals surface area contributed by atoms with E-state index in [0.717, 1.165) is 0 Å². The number of methoxy groups -OCH3 is 1. The van der Waals surface area contributed by atoms with Gasteiger partial charge in [-0.25, -0.2) is 4.79 Å². The summed E-state index contributed by atoms with van der Waals surface area (Å²) >= 11 is 0. The van der Waals surface area contributed by atoms with Crippen molar-refractivity contribution in [3.63, 3.8) is 0 Å². The van der Waals surface area contributed by atoms with Crippen molar-refractivity contribution >= 4 is 23.5 Å². The van der Waals surface area contributed by atoms with Crippen molar-refractivity contribution in [3.05, 3.63) is 23.8 Å². The fourth-order valence-corrected chi connectivity index (χ4v) is 1.96. The van der Waals surface area contributed by atoms with Crippen molar-refractivity contribution < 1.29 is 29.0 Å². The molecule has 1 unspecified atom stereocenters. The molecule has 1 aromatic carbocycles. The Balaban J connectivity index is 2.10. The number of carbonyl (C=O) groups is 3. The fraction of sp³-hybridized carbons (Fsp3) is 0.357. The van der Waals surface area contributed by atoms with E-state index < -0.39 is 17.9 Å². The molecule has 8 nitrogen and oxygen atoms in total. The predicted molar refractivity (Wildman–Crippen MR) is 75.9 cm³/mol. The Morgan fingerprint density at radius 1 is 1.50 bits per heavy atom. The van der Waals surface area contributed by atoms with Crippen LogP contribution in [0.3, 0.4) is 0 Å². The second kappa shape index (κ2) is 6.90. The van der Waals surface area contributed by atoms with Crippen molar-refractivity contribution in [1.29, 1.82) is 0 Å². The maximum absolute atomic E-state index is 12.1. The summed E-state index contributed by atoms with van der Waals surface area (Å²) in [5.41, 5.74) is 0.612. The molecule has 1 heterocycles. The average molecular weight is 308 g/mol. The lowest BCUT2D eigenvalue weighted by atomic mass is 10.1. The summed E-state index contributed by atoms with van der Waals surface area (Å²) in [6, 6.07) is 3.45. The highest BCUT2D eigenvalue weighted by Crippen LogP contribution is 2.28. The third kappa shape index (κ3) is 3.73. The summed E-state index contributed by atoms with van der Waals surface area (Å²) in [5, 5.41) is 14.1. The fourth-order valence-electron chi connectivity index (χ4n) is 1.96. The quantitative estimate of drug-likeness (QED) is 0.693. The van der Waals surface area contributed by atoms with Crippen molar-refractivity contribution in [2.24, 2.45) is 0 Å². The standard InChI is InChI=1S/C14H16N2O6/c1-21-5-4-9(14(19)20)16-13(18)8-2-3-11-10(6-8)15-12(17)7-22-11/h2-3,6,9H,4-5,7H2,1H3,(H,15,17)(H,16,18)(H,19,20). The molecule has 1 atom stereocenters. The zero-order valence-electron chi connectivity index (χ0n) is 11.9. The molecule has 0 aromatic heterocycles. The third-order valence-corrected chi connectivity index (χ3v) is 3.09. The zero-order chi connectivity index (χ0) is 16.1. The molecule has 118 valence electrons. The first-order chi connectivity index (χ1) is 10.5. The molecule has 3 N–H and O–H groups in total. The van der Waals surface area contributed by atoms with E-state index in [2.05, 4.69) is 10.6 Å². The summed E-state index contributed by atoms with van der Waals surface area (Å²) < 4.78 is 10.0. The van der Waals surface area contributed by atoms with Crippen LogP contribution in [0.4, 0.5) is 5.69 Å². The summed E-state index contributed by atoms with van der Waals surface area (Å²) in [6.07, 6.45) is 0.155. The second-order valence-corrected chi connectivity index (χ2v) is 4.69. The number of carbonyl (C=O) groups excluding carboxylic acids is 2. The number of benzene rings is 1. The van der Waals surface area contributed by atoms with Crippen LogP contribution in [0, 0.1) is 0 Å². The number of hydrogen-bond acceptors (Lipinski definition) is 5. The van der Waals surface area contributed by atoms with Crippen molar-refractivity contribution in [1.82, 2.24) is 5.32 Å². The Morgan fingerprint density at radius 3 is 2.95 bits per heavy atom. The molecule has 1 aliphatic rings. The number of carboxylic acid groups (broad SMARTS) is 1. The van der Waals surface area contributed by atoms with Gasteiger partial charge >= 0.3 is 5.97 Å². The summed E-state index contributed by atoms with van der Waals surface area (Å²) in [7, 11) is 1.45. The van der Waals surface area contributed by atoms with E-state index in [4.69, 9.17) is 14.6 Å². The van der Waals surface area contributed by atoms with E-state index in [1.165, 1.54) is 19.2 Å². The van der Waals surface area contributed by atoms with Crippen molar-refractivity contribution in [3.8, 4) is 5.75 Å². The van der Waals surface area contributed by atoms with Gasteiger partial charge in [0, 0.05) is 25.7 Å². The van der Waals surface area contributed by atoms with E-state index in [-0.39, 0.29) is 31.1 Å². The molecule has 22 heavy (non-hydrogen) atoms. The van der Waals surface area contributed by atoms with Gasteiger partial charge in [0.15, 0.2) is 6.61 Å². The molecule has 1 aliphatic heterocycles.